The highest BCUT2D eigenvalue weighted by molar-refractivity contribution is 6.03. The van der Waals surface area contributed by atoms with Crippen LogP contribution in [0.4, 0.5) is 0 Å². The van der Waals surface area contributed by atoms with Crippen LogP contribution in [0.2, 0.25) is 0 Å². The lowest BCUT2D eigenvalue weighted by Gasteiger charge is -2.02. The number of aromatic nitrogens is 2. The Balaban J connectivity index is 2.73. The number of nitrogens with zero attached hydrogens (tertiary/aromatic N) is 2. The Labute approximate surface area is 68.9 Å². The molecule has 0 aliphatic rings. The molecule has 0 aliphatic carbocycles. The summed E-state index contributed by atoms with van der Waals surface area (Å²) in [7, 11) is 0. The number of hydrogen-bond donors (Lipinski definition) is 4. The first-order valence-electron chi connectivity index (χ1n) is 3.17. The highest BCUT2D eigenvalue weighted by atomic mass is 15.1. The summed E-state index contributed by atoms with van der Waals surface area (Å²) in [5.41, 5.74) is 5.01. The number of hydrogen-bond acceptors (Lipinski definition) is 4. The van der Waals surface area contributed by atoms with Gasteiger partial charge in [-0.1, -0.05) is 0 Å². The third-order valence-corrected chi connectivity index (χ3v) is 1.05. The topological polar surface area (TPSA) is 112 Å². The molecular formula is C6H8N6. The zero-order valence-corrected chi connectivity index (χ0v) is 6.20. The SMILES string of the molecule is N=C(N)NC(=N)c1ncccn1. The van der Waals surface area contributed by atoms with Gasteiger partial charge in [-0.2, -0.15) is 0 Å². The van der Waals surface area contributed by atoms with Crippen LogP contribution in [0.15, 0.2) is 18.5 Å². The quantitative estimate of drug-likeness (QED) is 0.324. The van der Waals surface area contributed by atoms with Gasteiger partial charge in [0, 0.05) is 12.4 Å². The summed E-state index contributed by atoms with van der Waals surface area (Å²) in [6, 6.07) is 1.64. The Morgan fingerprint density at radius 2 is 1.92 bits per heavy atom. The van der Waals surface area contributed by atoms with Crippen LogP contribution in [0, 0.1) is 10.8 Å². The maximum Gasteiger partial charge on any atom is 0.195 e. The van der Waals surface area contributed by atoms with Crippen molar-refractivity contribution >= 4 is 11.8 Å². The molecule has 0 aromatic carbocycles. The Morgan fingerprint density at radius 1 is 1.33 bits per heavy atom. The van der Waals surface area contributed by atoms with E-state index in [0.29, 0.717) is 0 Å². The van der Waals surface area contributed by atoms with E-state index in [1.807, 2.05) is 0 Å². The van der Waals surface area contributed by atoms with E-state index in [9.17, 15) is 0 Å². The van der Waals surface area contributed by atoms with E-state index in [1.165, 1.54) is 12.4 Å². The predicted octanol–water partition coefficient (Wildman–Crippen LogP) is -0.715. The maximum atomic E-state index is 7.30. The van der Waals surface area contributed by atoms with Gasteiger partial charge < -0.3 is 11.1 Å². The molecular weight excluding hydrogens is 156 g/mol. The molecule has 1 rings (SSSR count). The summed E-state index contributed by atoms with van der Waals surface area (Å²) in [6.45, 7) is 0. The monoisotopic (exact) mass is 164 g/mol. The van der Waals surface area contributed by atoms with Crippen molar-refractivity contribution < 1.29 is 0 Å². The number of nitrogens with two attached hydrogens (primary N) is 1. The van der Waals surface area contributed by atoms with Gasteiger partial charge in [-0.25, -0.2) is 9.97 Å². The molecule has 0 aliphatic heterocycles. The van der Waals surface area contributed by atoms with Gasteiger partial charge in [0.1, 0.15) is 0 Å². The molecule has 0 atom stereocenters. The van der Waals surface area contributed by atoms with Crippen LogP contribution in [-0.2, 0) is 0 Å². The Kier molecular flexibility index (Phi) is 2.32. The minimum atomic E-state index is -0.299. The van der Waals surface area contributed by atoms with Gasteiger partial charge >= 0.3 is 0 Å². The Hall–Kier alpha value is -1.98. The average molecular weight is 164 g/mol. The van der Waals surface area contributed by atoms with Crippen molar-refractivity contribution in [2.75, 3.05) is 0 Å². The fourth-order valence-corrected chi connectivity index (χ4v) is 0.619. The molecule has 12 heavy (non-hydrogen) atoms. The van der Waals surface area contributed by atoms with Gasteiger partial charge in [0.25, 0.3) is 0 Å². The number of amidine groups is 1. The third-order valence-electron chi connectivity index (χ3n) is 1.05. The molecule has 0 unspecified atom stereocenters. The van der Waals surface area contributed by atoms with Gasteiger partial charge in [-0.05, 0) is 6.07 Å². The van der Waals surface area contributed by atoms with E-state index in [0.717, 1.165) is 0 Å². The second kappa shape index (κ2) is 3.42. The van der Waals surface area contributed by atoms with Crippen LogP contribution >= 0.6 is 0 Å². The largest absolute Gasteiger partial charge is 0.370 e. The normalized spacial score (nSPS) is 9.00. The fourth-order valence-electron chi connectivity index (χ4n) is 0.619. The molecule has 0 bridgehead atoms. The zero-order chi connectivity index (χ0) is 8.97. The van der Waals surface area contributed by atoms with Crippen LogP contribution in [-0.4, -0.2) is 21.8 Å². The fraction of sp³-hybridized carbons (Fsp3) is 0. The minimum absolute atomic E-state index is 0.0805. The van der Waals surface area contributed by atoms with E-state index < -0.39 is 0 Å². The number of rotatable bonds is 1. The molecule has 0 radical (unpaired) electrons. The molecule has 6 heteroatoms. The molecule has 0 amide bonds. The van der Waals surface area contributed by atoms with E-state index in [4.69, 9.17) is 16.6 Å². The molecule has 6 nitrogen and oxygen atoms in total. The lowest BCUT2D eigenvalue weighted by atomic mass is 10.5. The van der Waals surface area contributed by atoms with Crippen LogP contribution < -0.4 is 11.1 Å². The van der Waals surface area contributed by atoms with Gasteiger partial charge in [0.15, 0.2) is 17.6 Å². The van der Waals surface area contributed by atoms with Crippen molar-refractivity contribution in [2.24, 2.45) is 5.73 Å². The van der Waals surface area contributed by atoms with Crippen LogP contribution in [0.3, 0.4) is 0 Å². The summed E-state index contributed by atoms with van der Waals surface area (Å²) in [5.74, 6) is -0.164. The van der Waals surface area contributed by atoms with Crippen LogP contribution in [0.5, 0.6) is 0 Å². The Bertz CT molecular complexity index is 292. The van der Waals surface area contributed by atoms with Gasteiger partial charge in [0.05, 0.1) is 0 Å². The highest BCUT2D eigenvalue weighted by Gasteiger charge is 2.02. The summed E-state index contributed by atoms with van der Waals surface area (Å²) < 4.78 is 0. The molecule has 0 saturated carbocycles. The van der Waals surface area contributed by atoms with E-state index in [-0.39, 0.29) is 17.6 Å². The summed E-state index contributed by atoms with van der Waals surface area (Å²) in [5, 5.41) is 16.4. The predicted molar refractivity (Wildman–Crippen MR) is 43.9 cm³/mol. The van der Waals surface area contributed by atoms with Crippen LogP contribution in [0.25, 0.3) is 0 Å². The molecule has 5 N–H and O–H groups in total. The molecule has 0 spiro atoms. The van der Waals surface area contributed by atoms with E-state index >= 15 is 0 Å². The first-order chi connectivity index (χ1) is 5.70. The van der Waals surface area contributed by atoms with Crippen molar-refractivity contribution in [3.63, 3.8) is 0 Å². The lowest BCUT2D eigenvalue weighted by Crippen LogP contribution is -2.36. The van der Waals surface area contributed by atoms with Crippen molar-refractivity contribution in [1.29, 1.82) is 10.8 Å². The molecule has 1 heterocycles. The van der Waals surface area contributed by atoms with Crippen molar-refractivity contribution in [2.45, 2.75) is 0 Å². The summed E-state index contributed by atoms with van der Waals surface area (Å²) in [6.07, 6.45) is 3.03. The smallest absolute Gasteiger partial charge is 0.195 e. The molecule has 62 valence electrons. The van der Waals surface area contributed by atoms with Crippen LogP contribution in [0.1, 0.15) is 5.82 Å². The first-order valence-corrected chi connectivity index (χ1v) is 3.17. The lowest BCUT2D eigenvalue weighted by molar-refractivity contribution is 1.08. The van der Waals surface area contributed by atoms with Crippen molar-refractivity contribution in [1.82, 2.24) is 15.3 Å². The zero-order valence-electron chi connectivity index (χ0n) is 6.20. The Morgan fingerprint density at radius 3 is 2.42 bits per heavy atom. The molecule has 1 aromatic heterocycles. The van der Waals surface area contributed by atoms with E-state index in [2.05, 4.69) is 15.3 Å². The molecule has 1 aromatic rings. The molecule has 0 saturated heterocycles. The average Bonchev–Trinajstić information content (AvgIpc) is 2.05. The second-order valence-corrected chi connectivity index (χ2v) is 1.99. The van der Waals surface area contributed by atoms with Crippen molar-refractivity contribution in [3.05, 3.63) is 24.3 Å². The third kappa shape index (κ3) is 2.01. The summed E-state index contributed by atoms with van der Waals surface area (Å²) in [4.78, 5) is 7.56. The maximum absolute atomic E-state index is 7.30. The first kappa shape index (κ1) is 8.12. The van der Waals surface area contributed by atoms with Gasteiger partial charge in [-0.15, -0.1) is 0 Å². The van der Waals surface area contributed by atoms with Gasteiger partial charge in [0.2, 0.25) is 0 Å². The minimum Gasteiger partial charge on any atom is -0.370 e. The second-order valence-electron chi connectivity index (χ2n) is 1.99. The van der Waals surface area contributed by atoms with E-state index in [1.54, 1.807) is 6.07 Å². The number of nitrogens with one attached hydrogen (secondary N) is 3. The van der Waals surface area contributed by atoms with Gasteiger partial charge in [-0.3, -0.25) is 10.8 Å². The number of guanidine groups is 1. The highest BCUT2D eigenvalue weighted by Crippen LogP contribution is 1.85. The molecule has 0 fully saturated rings. The standard InChI is InChI=1S/C6H8N6/c7-4(12-6(8)9)5-10-2-1-3-11-5/h1-3H,(H5,7,8,9,12). The summed E-state index contributed by atoms with van der Waals surface area (Å²) >= 11 is 0. The van der Waals surface area contributed by atoms with Crippen molar-refractivity contribution in [3.8, 4) is 0 Å².